The molecule has 0 aliphatic carbocycles. The zero-order valence-corrected chi connectivity index (χ0v) is 13.0. The van der Waals surface area contributed by atoms with Gasteiger partial charge >= 0.3 is 5.97 Å². The lowest BCUT2D eigenvalue weighted by Crippen LogP contribution is -2.39. The number of carboxylic acid groups (broad SMARTS) is 1. The SMILES string of the molecule is CCCCC(=O)O.CCCCCC(C)C(C)(C)N. The summed E-state index contributed by atoms with van der Waals surface area (Å²) in [6.07, 6.45) is 7.34. The second-order valence-electron chi connectivity index (χ2n) is 5.72. The van der Waals surface area contributed by atoms with Crippen LogP contribution in [-0.2, 0) is 4.79 Å². The van der Waals surface area contributed by atoms with Crippen molar-refractivity contribution in [3.63, 3.8) is 0 Å². The average Bonchev–Trinajstić information content (AvgIpc) is 2.26. The van der Waals surface area contributed by atoms with Crippen molar-refractivity contribution in [2.45, 2.75) is 85.1 Å². The normalized spacial score (nSPS) is 12.6. The van der Waals surface area contributed by atoms with E-state index in [9.17, 15) is 4.79 Å². The zero-order chi connectivity index (χ0) is 14.6. The van der Waals surface area contributed by atoms with E-state index < -0.39 is 5.97 Å². The van der Waals surface area contributed by atoms with Gasteiger partial charge in [-0.25, -0.2) is 0 Å². The lowest BCUT2D eigenvalue weighted by molar-refractivity contribution is -0.137. The van der Waals surface area contributed by atoms with Crippen molar-refractivity contribution in [3.05, 3.63) is 0 Å². The van der Waals surface area contributed by atoms with Gasteiger partial charge in [0.2, 0.25) is 0 Å². The fraction of sp³-hybridized carbons (Fsp3) is 0.933. The fourth-order valence-electron chi connectivity index (χ4n) is 1.40. The fourth-order valence-corrected chi connectivity index (χ4v) is 1.40. The molecule has 18 heavy (non-hydrogen) atoms. The minimum Gasteiger partial charge on any atom is -0.481 e. The van der Waals surface area contributed by atoms with E-state index in [2.05, 4.69) is 27.7 Å². The molecule has 0 aromatic carbocycles. The molecule has 0 spiro atoms. The number of rotatable bonds is 8. The zero-order valence-electron chi connectivity index (χ0n) is 13.0. The number of hydrogen-bond donors (Lipinski definition) is 2. The van der Waals surface area contributed by atoms with Gasteiger partial charge in [-0.2, -0.15) is 0 Å². The van der Waals surface area contributed by atoms with Gasteiger partial charge in [0.15, 0.2) is 0 Å². The van der Waals surface area contributed by atoms with Gasteiger partial charge < -0.3 is 10.8 Å². The van der Waals surface area contributed by atoms with Gasteiger partial charge in [-0.3, -0.25) is 4.79 Å². The Labute approximate surface area is 113 Å². The van der Waals surface area contributed by atoms with Crippen LogP contribution in [0.2, 0.25) is 0 Å². The summed E-state index contributed by atoms with van der Waals surface area (Å²) in [6.45, 7) is 10.7. The Morgan fingerprint density at radius 2 is 1.67 bits per heavy atom. The summed E-state index contributed by atoms with van der Waals surface area (Å²) >= 11 is 0. The average molecular weight is 259 g/mol. The van der Waals surface area contributed by atoms with Crippen molar-refractivity contribution in [3.8, 4) is 0 Å². The van der Waals surface area contributed by atoms with Crippen molar-refractivity contribution in [2.75, 3.05) is 0 Å². The van der Waals surface area contributed by atoms with Gasteiger partial charge in [0.05, 0.1) is 0 Å². The molecule has 0 aromatic rings. The summed E-state index contributed by atoms with van der Waals surface area (Å²) < 4.78 is 0. The standard InChI is InChI=1S/C10H23N.C5H10O2/c1-5-6-7-8-9(2)10(3,4)11;1-2-3-4-5(6)7/h9H,5-8,11H2,1-4H3;2-4H2,1H3,(H,6,7). The van der Waals surface area contributed by atoms with E-state index in [1.807, 2.05) is 6.92 Å². The number of nitrogens with two attached hydrogens (primary N) is 1. The van der Waals surface area contributed by atoms with E-state index in [4.69, 9.17) is 10.8 Å². The van der Waals surface area contributed by atoms with E-state index in [-0.39, 0.29) is 5.54 Å². The molecule has 0 aliphatic heterocycles. The van der Waals surface area contributed by atoms with Crippen molar-refractivity contribution in [2.24, 2.45) is 11.7 Å². The minimum atomic E-state index is -0.693. The monoisotopic (exact) mass is 259 g/mol. The maximum absolute atomic E-state index is 9.76. The molecular weight excluding hydrogens is 226 g/mol. The van der Waals surface area contributed by atoms with Gasteiger partial charge in [-0.05, 0) is 32.6 Å². The van der Waals surface area contributed by atoms with Crippen molar-refractivity contribution in [1.29, 1.82) is 0 Å². The molecule has 0 saturated heterocycles. The summed E-state index contributed by atoms with van der Waals surface area (Å²) in [7, 11) is 0. The van der Waals surface area contributed by atoms with Crippen LogP contribution < -0.4 is 5.73 Å². The first-order valence-electron chi connectivity index (χ1n) is 7.26. The van der Waals surface area contributed by atoms with Crippen LogP contribution in [0, 0.1) is 5.92 Å². The molecule has 0 heterocycles. The Kier molecular flexibility index (Phi) is 12.6. The minimum absolute atomic E-state index is 0.00768. The first-order chi connectivity index (χ1) is 8.25. The molecular formula is C15H33NO2. The van der Waals surface area contributed by atoms with Gasteiger partial charge in [-0.1, -0.05) is 46.5 Å². The van der Waals surface area contributed by atoms with Crippen LogP contribution in [0.3, 0.4) is 0 Å². The largest absolute Gasteiger partial charge is 0.481 e. The summed E-state index contributed by atoms with van der Waals surface area (Å²) in [4.78, 5) is 9.76. The topological polar surface area (TPSA) is 63.3 Å². The van der Waals surface area contributed by atoms with Crippen LogP contribution in [-0.4, -0.2) is 16.6 Å². The van der Waals surface area contributed by atoms with E-state index in [0.717, 1.165) is 12.8 Å². The van der Waals surface area contributed by atoms with Crippen LogP contribution >= 0.6 is 0 Å². The molecule has 3 N–H and O–H groups in total. The van der Waals surface area contributed by atoms with Gasteiger partial charge in [0, 0.05) is 12.0 Å². The van der Waals surface area contributed by atoms with Crippen LogP contribution in [0.15, 0.2) is 0 Å². The molecule has 0 rings (SSSR count). The first kappa shape index (κ1) is 19.8. The molecule has 1 unspecified atom stereocenters. The number of unbranched alkanes of at least 4 members (excludes halogenated alkanes) is 3. The molecule has 0 radical (unpaired) electrons. The Morgan fingerprint density at radius 1 is 1.17 bits per heavy atom. The lowest BCUT2D eigenvalue weighted by Gasteiger charge is -2.27. The Balaban J connectivity index is 0. The van der Waals surface area contributed by atoms with Crippen molar-refractivity contribution < 1.29 is 9.90 Å². The number of carboxylic acids is 1. The highest BCUT2D eigenvalue weighted by atomic mass is 16.4. The molecule has 0 fully saturated rings. The second-order valence-corrected chi connectivity index (χ2v) is 5.72. The molecule has 3 heteroatoms. The first-order valence-corrected chi connectivity index (χ1v) is 7.26. The van der Waals surface area contributed by atoms with Crippen molar-refractivity contribution >= 4 is 5.97 Å². The molecule has 3 nitrogen and oxygen atoms in total. The predicted molar refractivity (Wildman–Crippen MR) is 78.7 cm³/mol. The van der Waals surface area contributed by atoms with Crippen LogP contribution in [0.5, 0.6) is 0 Å². The molecule has 0 aromatic heterocycles. The van der Waals surface area contributed by atoms with E-state index in [1.54, 1.807) is 0 Å². The van der Waals surface area contributed by atoms with E-state index in [0.29, 0.717) is 12.3 Å². The van der Waals surface area contributed by atoms with Gasteiger partial charge in [0.1, 0.15) is 0 Å². The molecule has 1 atom stereocenters. The number of hydrogen-bond acceptors (Lipinski definition) is 2. The highest BCUT2D eigenvalue weighted by Crippen LogP contribution is 2.19. The maximum Gasteiger partial charge on any atom is 0.303 e. The van der Waals surface area contributed by atoms with E-state index in [1.165, 1.54) is 25.7 Å². The maximum atomic E-state index is 9.76. The second kappa shape index (κ2) is 11.5. The highest BCUT2D eigenvalue weighted by Gasteiger charge is 2.19. The molecule has 0 saturated carbocycles. The Hall–Kier alpha value is -0.570. The van der Waals surface area contributed by atoms with Crippen LogP contribution in [0.25, 0.3) is 0 Å². The molecule has 0 aliphatic rings. The number of aliphatic carboxylic acids is 1. The van der Waals surface area contributed by atoms with Gasteiger partial charge in [0.25, 0.3) is 0 Å². The predicted octanol–water partition coefficient (Wildman–Crippen LogP) is 4.20. The quantitative estimate of drug-likeness (QED) is 0.642. The third kappa shape index (κ3) is 15.4. The lowest BCUT2D eigenvalue weighted by atomic mass is 9.86. The Morgan fingerprint density at radius 3 is 1.94 bits per heavy atom. The smallest absolute Gasteiger partial charge is 0.303 e. The summed E-state index contributed by atoms with van der Waals surface area (Å²) in [6, 6.07) is 0. The van der Waals surface area contributed by atoms with Crippen LogP contribution in [0.4, 0.5) is 0 Å². The third-order valence-electron chi connectivity index (χ3n) is 3.26. The summed E-state index contributed by atoms with van der Waals surface area (Å²) in [5.74, 6) is -0.0455. The molecule has 0 amide bonds. The van der Waals surface area contributed by atoms with Gasteiger partial charge in [-0.15, -0.1) is 0 Å². The highest BCUT2D eigenvalue weighted by molar-refractivity contribution is 5.66. The van der Waals surface area contributed by atoms with E-state index >= 15 is 0 Å². The number of carbonyl (C=O) groups is 1. The van der Waals surface area contributed by atoms with Crippen LogP contribution in [0.1, 0.15) is 79.6 Å². The third-order valence-corrected chi connectivity index (χ3v) is 3.26. The molecule has 110 valence electrons. The van der Waals surface area contributed by atoms with Crippen molar-refractivity contribution in [1.82, 2.24) is 0 Å². The molecule has 0 bridgehead atoms. The Bertz CT molecular complexity index is 197. The summed E-state index contributed by atoms with van der Waals surface area (Å²) in [5.41, 5.74) is 5.97. The summed E-state index contributed by atoms with van der Waals surface area (Å²) in [5, 5.41) is 8.04.